The molecule has 0 bridgehead atoms. The van der Waals surface area contributed by atoms with Crippen LogP contribution in [0.4, 0.5) is 0 Å². The van der Waals surface area contributed by atoms with Crippen LogP contribution >= 0.6 is 11.8 Å². The van der Waals surface area contributed by atoms with E-state index >= 15 is 0 Å². The van der Waals surface area contributed by atoms with E-state index < -0.39 is 0 Å². The molecule has 66 valence electrons. The van der Waals surface area contributed by atoms with E-state index in [4.69, 9.17) is 0 Å². The number of aliphatic hydroxyl groups excluding tert-OH is 1. The summed E-state index contributed by atoms with van der Waals surface area (Å²) in [6.07, 6.45) is -0.361. The first-order valence-electron chi connectivity index (χ1n) is 4.15. The van der Waals surface area contributed by atoms with Gasteiger partial charge in [0.15, 0.2) is 0 Å². The summed E-state index contributed by atoms with van der Waals surface area (Å²) in [5.74, 6) is 1.05. The second-order valence-corrected chi connectivity index (χ2v) is 3.95. The smallest absolute Gasteiger partial charge is 0.0772 e. The van der Waals surface area contributed by atoms with Crippen molar-refractivity contribution in [1.29, 1.82) is 0 Å². The van der Waals surface area contributed by atoms with Gasteiger partial charge in [-0.1, -0.05) is 25.1 Å². The lowest BCUT2D eigenvalue weighted by Crippen LogP contribution is -1.93. The molecule has 1 nitrogen and oxygen atoms in total. The van der Waals surface area contributed by atoms with Gasteiger partial charge in [0.05, 0.1) is 6.10 Å². The molecule has 0 heterocycles. The highest BCUT2D eigenvalue weighted by Crippen LogP contribution is 2.26. The summed E-state index contributed by atoms with van der Waals surface area (Å²) in [5.41, 5.74) is 1.03. The third-order valence-corrected chi connectivity index (χ3v) is 2.64. The molecule has 1 rings (SSSR count). The van der Waals surface area contributed by atoms with Crippen LogP contribution in [-0.2, 0) is 0 Å². The van der Waals surface area contributed by atoms with Crippen LogP contribution in [0.25, 0.3) is 0 Å². The Bertz CT molecular complexity index is 245. The van der Waals surface area contributed by atoms with E-state index in [1.54, 1.807) is 18.7 Å². The molecule has 0 fully saturated rings. The van der Waals surface area contributed by atoms with Crippen LogP contribution in [0.3, 0.4) is 0 Å². The van der Waals surface area contributed by atoms with Crippen molar-refractivity contribution in [3.05, 3.63) is 29.8 Å². The van der Waals surface area contributed by atoms with Gasteiger partial charge in [0, 0.05) is 4.90 Å². The number of thioether (sulfide) groups is 1. The molecule has 0 aliphatic heterocycles. The Morgan fingerprint density at radius 3 is 2.67 bits per heavy atom. The van der Waals surface area contributed by atoms with Crippen molar-refractivity contribution in [2.75, 3.05) is 5.75 Å². The second-order valence-electron chi connectivity index (χ2n) is 2.65. The molecular weight excluding hydrogens is 168 g/mol. The minimum Gasteiger partial charge on any atom is -0.389 e. The van der Waals surface area contributed by atoms with Crippen molar-refractivity contribution in [3.63, 3.8) is 0 Å². The van der Waals surface area contributed by atoms with E-state index in [1.165, 1.54) is 4.90 Å². The highest BCUT2D eigenvalue weighted by Gasteiger charge is 2.05. The minimum atomic E-state index is -0.361. The van der Waals surface area contributed by atoms with E-state index in [0.29, 0.717) is 0 Å². The Balaban J connectivity index is 2.92. The van der Waals surface area contributed by atoms with Crippen molar-refractivity contribution in [2.45, 2.75) is 24.8 Å². The third-order valence-electron chi connectivity index (χ3n) is 1.67. The highest BCUT2D eigenvalue weighted by molar-refractivity contribution is 7.99. The molecule has 1 N–H and O–H groups in total. The lowest BCUT2D eigenvalue weighted by Gasteiger charge is -2.09. The van der Waals surface area contributed by atoms with Gasteiger partial charge in [-0.2, -0.15) is 0 Å². The minimum absolute atomic E-state index is 0.361. The van der Waals surface area contributed by atoms with Crippen LogP contribution in [0.2, 0.25) is 0 Å². The van der Waals surface area contributed by atoms with Crippen molar-refractivity contribution in [3.8, 4) is 0 Å². The fourth-order valence-electron chi connectivity index (χ4n) is 1.11. The molecule has 12 heavy (non-hydrogen) atoms. The van der Waals surface area contributed by atoms with Crippen LogP contribution in [0.15, 0.2) is 29.2 Å². The van der Waals surface area contributed by atoms with Crippen LogP contribution in [-0.4, -0.2) is 10.9 Å². The fourth-order valence-corrected chi connectivity index (χ4v) is 2.00. The lowest BCUT2D eigenvalue weighted by atomic mass is 10.1. The predicted octanol–water partition coefficient (Wildman–Crippen LogP) is 2.85. The summed E-state index contributed by atoms with van der Waals surface area (Å²) in [4.78, 5) is 1.19. The fraction of sp³-hybridized carbons (Fsp3) is 0.400. The van der Waals surface area contributed by atoms with Gasteiger partial charge >= 0.3 is 0 Å². The van der Waals surface area contributed by atoms with Crippen LogP contribution < -0.4 is 0 Å². The van der Waals surface area contributed by atoms with Gasteiger partial charge < -0.3 is 5.11 Å². The van der Waals surface area contributed by atoms with Gasteiger partial charge in [-0.05, 0) is 24.3 Å². The number of rotatable bonds is 3. The molecular formula is C10H14OS. The van der Waals surface area contributed by atoms with E-state index in [0.717, 1.165) is 11.3 Å². The molecule has 1 atom stereocenters. The molecule has 0 aliphatic rings. The van der Waals surface area contributed by atoms with Gasteiger partial charge in [0.1, 0.15) is 0 Å². The Morgan fingerprint density at radius 1 is 1.42 bits per heavy atom. The largest absolute Gasteiger partial charge is 0.389 e. The number of benzene rings is 1. The molecule has 0 spiro atoms. The topological polar surface area (TPSA) is 20.2 Å². The average molecular weight is 182 g/mol. The first-order chi connectivity index (χ1) is 5.75. The van der Waals surface area contributed by atoms with Crippen LogP contribution in [0.5, 0.6) is 0 Å². The second kappa shape index (κ2) is 4.53. The van der Waals surface area contributed by atoms with Crippen LogP contribution in [0, 0.1) is 0 Å². The molecule has 0 aliphatic carbocycles. The summed E-state index contributed by atoms with van der Waals surface area (Å²) >= 11 is 1.77. The molecule has 0 radical (unpaired) electrons. The average Bonchev–Trinajstić information content (AvgIpc) is 2.05. The summed E-state index contributed by atoms with van der Waals surface area (Å²) in [6, 6.07) is 7.99. The maximum Gasteiger partial charge on any atom is 0.0772 e. The number of hydrogen-bond acceptors (Lipinski definition) is 2. The zero-order chi connectivity index (χ0) is 8.97. The molecule has 0 aromatic heterocycles. The third kappa shape index (κ3) is 2.26. The van der Waals surface area contributed by atoms with Crippen molar-refractivity contribution in [1.82, 2.24) is 0 Å². The maximum absolute atomic E-state index is 9.42. The summed E-state index contributed by atoms with van der Waals surface area (Å²) in [7, 11) is 0. The number of hydrogen-bond donors (Lipinski definition) is 1. The zero-order valence-electron chi connectivity index (χ0n) is 7.45. The van der Waals surface area contributed by atoms with Crippen molar-refractivity contribution in [2.24, 2.45) is 0 Å². The maximum atomic E-state index is 9.42. The zero-order valence-corrected chi connectivity index (χ0v) is 8.27. The summed E-state index contributed by atoms with van der Waals surface area (Å²) < 4.78 is 0. The molecule has 0 amide bonds. The van der Waals surface area contributed by atoms with Gasteiger partial charge in [-0.25, -0.2) is 0 Å². The van der Waals surface area contributed by atoms with E-state index in [1.807, 2.05) is 18.2 Å². The molecule has 1 unspecified atom stereocenters. The van der Waals surface area contributed by atoms with Gasteiger partial charge in [0.2, 0.25) is 0 Å². The predicted molar refractivity (Wildman–Crippen MR) is 53.5 cm³/mol. The Kier molecular flexibility index (Phi) is 3.63. The summed E-state index contributed by atoms with van der Waals surface area (Å²) in [6.45, 7) is 3.92. The highest BCUT2D eigenvalue weighted by atomic mass is 32.2. The van der Waals surface area contributed by atoms with Gasteiger partial charge in [-0.15, -0.1) is 11.8 Å². The van der Waals surface area contributed by atoms with Gasteiger partial charge in [0.25, 0.3) is 0 Å². The molecule has 1 aromatic carbocycles. The SMILES string of the molecule is CCSc1ccccc1C(C)O. The van der Waals surface area contributed by atoms with E-state index in [-0.39, 0.29) is 6.10 Å². The molecule has 0 saturated carbocycles. The first kappa shape index (κ1) is 9.62. The van der Waals surface area contributed by atoms with Crippen molar-refractivity contribution >= 4 is 11.8 Å². The molecule has 1 aromatic rings. The number of aliphatic hydroxyl groups is 1. The monoisotopic (exact) mass is 182 g/mol. The normalized spacial score (nSPS) is 12.9. The quantitative estimate of drug-likeness (QED) is 0.725. The molecule has 2 heteroatoms. The van der Waals surface area contributed by atoms with E-state index in [2.05, 4.69) is 13.0 Å². The Morgan fingerprint density at radius 2 is 2.08 bits per heavy atom. The Labute approximate surface area is 77.8 Å². The van der Waals surface area contributed by atoms with Gasteiger partial charge in [-0.3, -0.25) is 0 Å². The molecule has 0 saturated heterocycles. The van der Waals surface area contributed by atoms with E-state index in [9.17, 15) is 5.11 Å². The summed E-state index contributed by atoms with van der Waals surface area (Å²) in [5, 5.41) is 9.42. The van der Waals surface area contributed by atoms with Crippen molar-refractivity contribution < 1.29 is 5.11 Å². The van der Waals surface area contributed by atoms with Crippen LogP contribution in [0.1, 0.15) is 25.5 Å². The standard InChI is InChI=1S/C10H14OS/c1-3-12-10-7-5-4-6-9(10)8(2)11/h4-8,11H,3H2,1-2H3. The first-order valence-corrected chi connectivity index (χ1v) is 5.14. The Hall–Kier alpha value is -0.470. The lowest BCUT2D eigenvalue weighted by molar-refractivity contribution is 0.196.